The molecule has 1 aliphatic heterocycles. The molecular formula is C11H14BrNO2S. The summed E-state index contributed by atoms with van der Waals surface area (Å²) >= 11 is 5.09. The van der Waals surface area contributed by atoms with E-state index in [1.807, 2.05) is 5.38 Å². The van der Waals surface area contributed by atoms with E-state index in [9.17, 15) is 4.79 Å². The van der Waals surface area contributed by atoms with Crippen molar-refractivity contribution in [3.05, 3.63) is 20.8 Å². The van der Waals surface area contributed by atoms with E-state index in [4.69, 9.17) is 5.11 Å². The van der Waals surface area contributed by atoms with Crippen LogP contribution in [0.2, 0.25) is 0 Å². The Bertz CT molecular complexity index is 380. The summed E-state index contributed by atoms with van der Waals surface area (Å²) in [6, 6.07) is 1.77. The molecule has 2 rings (SSSR count). The first-order valence-electron chi connectivity index (χ1n) is 5.36. The van der Waals surface area contributed by atoms with Gasteiger partial charge in [-0.05, 0) is 41.4 Å². The molecule has 1 aromatic rings. The van der Waals surface area contributed by atoms with Crippen molar-refractivity contribution in [3.8, 4) is 0 Å². The summed E-state index contributed by atoms with van der Waals surface area (Å²) in [5.41, 5.74) is 0. The van der Waals surface area contributed by atoms with Crippen LogP contribution in [0.1, 0.15) is 24.1 Å². The van der Waals surface area contributed by atoms with Crippen molar-refractivity contribution in [2.24, 2.45) is 0 Å². The molecule has 1 N–H and O–H groups in total. The lowest BCUT2D eigenvalue weighted by Crippen LogP contribution is -2.43. The fourth-order valence-corrected chi connectivity index (χ4v) is 3.57. The summed E-state index contributed by atoms with van der Waals surface area (Å²) < 4.78 is 1.08. The Morgan fingerprint density at radius 3 is 3.06 bits per heavy atom. The minimum atomic E-state index is -0.685. The largest absolute Gasteiger partial charge is 0.480 e. The highest BCUT2D eigenvalue weighted by Crippen LogP contribution is 2.25. The predicted octanol–water partition coefficient (Wildman–Crippen LogP) is 2.95. The molecule has 88 valence electrons. The third-order valence-corrected chi connectivity index (χ3v) is 4.56. The fourth-order valence-electron chi connectivity index (χ4n) is 2.10. The van der Waals surface area contributed by atoms with Crippen LogP contribution >= 0.6 is 27.3 Å². The maximum atomic E-state index is 11.1. The summed E-state index contributed by atoms with van der Waals surface area (Å²) in [5.74, 6) is -0.685. The van der Waals surface area contributed by atoms with Gasteiger partial charge in [0.1, 0.15) is 6.04 Å². The van der Waals surface area contributed by atoms with E-state index >= 15 is 0 Å². The monoisotopic (exact) mass is 303 g/mol. The van der Waals surface area contributed by atoms with E-state index in [1.54, 1.807) is 11.3 Å². The van der Waals surface area contributed by atoms with Crippen molar-refractivity contribution < 1.29 is 9.90 Å². The molecule has 0 aromatic carbocycles. The molecule has 0 radical (unpaired) electrons. The summed E-state index contributed by atoms with van der Waals surface area (Å²) in [4.78, 5) is 14.4. The molecule has 5 heteroatoms. The van der Waals surface area contributed by atoms with Gasteiger partial charge in [0.15, 0.2) is 0 Å². The molecule has 1 fully saturated rings. The Hall–Kier alpha value is -0.390. The third kappa shape index (κ3) is 2.84. The van der Waals surface area contributed by atoms with Crippen molar-refractivity contribution in [1.82, 2.24) is 4.90 Å². The molecular weight excluding hydrogens is 290 g/mol. The van der Waals surface area contributed by atoms with Gasteiger partial charge in [-0.1, -0.05) is 6.42 Å². The van der Waals surface area contributed by atoms with Crippen LogP contribution in [0.3, 0.4) is 0 Å². The zero-order valence-corrected chi connectivity index (χ0v) is 11.3. The van der Waals surface area contributed by atoms with Crippen LogP contribution in [-0.2, 0) is 11.3 Å². The molecule has 1 atom stereocenters. The van der Waals surface area contributed by atoms with Gasteiger partial charge >= 0.3 is 5.97 Å². The van der Waals surface area contributed by atoms with Crippen molar-refractivity contribution in [2.75, 3.05) is 6.54 Å². The van der Waals surface area contributed by atoms with Crippen LogP contribution in [0.4, 0.5) is 0 Å². The Kier molecular flexibility index (Phi) is 4.00. The number of likely N-dealkylation sites (tertiary alicyclic amines) is 1. The number of carboxylic acids is 1. The quantitative estimate of drug-likeness (QED) is 0.933. The molecule has 1 unspecified atom stereocenters. The SMILES string of the molecule is O=C(O)C1CCCCN1Cc1cc(Br)cs1. The van der Waals surface area contributed by atoms with Gasteiger partial charge in [-0.15, -0.1) is 11.3 Å². The molecule has 0 saturated carbocycles. The number of thiophene rings is 1. The Morgan fingerprint density at radius 1 is 1.62 bits per heavy atom. The smallest absolute Gasteiger partial charge is 0.320 e. The standard InChI is InChI=1S/C11H14BrNO2S/c12-8-5-9(16-7-8)6-13-4-2-1-3-10(13)11(14)15/h5,7,10H,1-4,6H2,(H,14,15). The third-order valence-electron chi connectivity index (χ3n) is 2.88. The first kappa shape index (κ1) is 12.1. The molecule has 3 nitrogen and oxygen atoms in total. The maximum absolute atomic E-state index is 11.1. The van der Waals surface area contributed by atoms with Gasteiger partial charge < -0.3 is 5.11 Å². The van der Waals surface area contributed by atoms with Crippen molar-refractivity contribution >= 4 is 33.2 Å². The van der Waals surface area contributed by atoms with Gasteiger partial charge in [-0.25, -0.2) is 0 Å². The zero-order chi connectivity index (χ0) is 11.5. The average molecular weight is 304 g/mol. The van der Waals surface area contributed by atoms with Crippen molar-refractivity contribution in [2.45, 2.75) is 31.8 Å². The summed E-state index contributed by atoms with van der Waals surface area (Å²) in [6.07, 6.45) is 2.92. The van der Waals surface area contributed by atoms with Crippen LogP contribution in [0.15, 0.2) is 15.9 Å². The number of hydrogen-bond donors (Lipinski definition) is 1. The number of aliphatic carboxylic acids is 1. The van der Waals surface area contributed by atoms with Gasteiger partial charge in [-0.2, -0.15) is 0 Å². The van der Waals surface area contributed by atoms with E-state index in [2.05, 4.69) is 26.9 Å². The Labute approximate surface area is 107 Å². The second-order valence-corrected chi connectivity index (χ2v) is 5.96. The Morgan fingerprint density at radius 2 is 2.44 bits per heavy atom. The molecule has 0 aliphatic carbocycles. The van der Waals surface area contributed by atoms with Crippen LogP contribution in [-0.4, -0.2) is 28.6 Å². The van der Waals surface area contributed by atoms with E-state index in [1.165, 1.54) is 4.88 Å². The normalized spacial score (nSPS) is 22.2. The minimum Gasteiger partial charge on any atom is -0.480 e. The number of rotatable bonds is 3. The maximum Gasteiger partial charge on any atom is 0.320 e. The molecule has 16 heavy (non-hydrogen) atoms. The van der Waals surface area contributed by atoms with E-state index in [0.29, 0.717) is 0 Å². The van der Waals surface area contributed by atoms with Crippen LogP contribution in [0.25, 0.3) is 0 Å². The van der Waals surface area contributed by atoms with Gasteiger partial charge in [0.2, 0.25) is 0 Å². The van der Waals surface area contributed by atoms with Crippen LogP contribution < -0.4 is 0 Å². The summed E-state index contributed by atoms with van der Waals surface area (Å²) in [5, 5.41) is 11.2. The number of nitrogens with zero attached hydrogens (tertiary/aromatic N) is 1. The second kappa shape index (κ2) is 5.29. The number of carboxylic acid groups (broad SMARTS) is 1. The number of hydrogen-bond acceptors (Lipinski definition) is 3. The second-order valence-electron chi connectivity index (χ2n) is 4.05. The van der Waals surface area contributed by atoms with E-state index in [0.717, 1.165) is 36.8 Å². The molecule has 1 aromatic heterocycles. The first-order valence-corrected chi connectivity index (χ1v) is 7.04. The Balaban J connectivity index is 2.03. The van der Waals surface area contributed by atoms with Gasteiger partial charge in [0.25, 0.3) is 0 Å². The van der Waals surface area contributed by atoms with E-state index in [-0.39, 0.29) is 6.04 Å². The highest BCUT2D eigenvalue weighted by molar-refractivity contribution is 9.10. The van der Waals surface area contributed by atoms with Crippen molar-refractivity contribution in [3.63, 3.8) is 0 Å². The molecule has 2 heterocycles. The first-order chi connectivity index (χ1) is 7.66. The van der Waals surface area contributed by atoms with Gasteiger partial charge in [0.05, 0.1) is 0 Å². The van der Waals surface area contributed by atoms with Crippen molar-refractivity contribution in [1.29, 1.82) is 0 Å². The highest BCUT2D eigenvalue weighted by atomic mass is 79.9. The van der Waals surface area contributed by atoms with Gasteiger partial charge in [0, 0.05) is 21.3 Å². The number of piperidine rings is 1. The highest BCUT2D eigenvalue weighted by Gasteiger charge is 2.28. The predicted molar refractivity (Wildman–Crippen MR) is 67.7 cm³/mol. The lowest BCUT2D eigenvalue weighted by atomic mass is 10.0. The number of halogens is 1. The molecule has 1 saturated heterocycles. The average Bonchev–Trinajstić information content (AvgIpc) is 2.64. The lowest BCUT2D eigenvalue weighted by molar-refractivity contribution is -0.144. The zero-order valence-electron chi connectivity index (χ0n) is 8.86. The topological polar surface area (TPSA) is 40.5 Å². The van der Waals surface area contributed by atoms with Crippen LogP contribution in [0, 0.1) is 0 Å². The lowest BCUT2D eigenvalue weighted by Gasteiger charge is -2.32. The molecule has 1 aliphatic rings. The molecule has 0 spiro atoms. The van der Waals surface area contributed by atoms with E-state index < -0.39 is 5.97 Å². The number of carbonyl (C=O) groups is 1. The molecule has 0 amide bonds. The minimum absolute atomic E-state index is 0.297. The molecule has 0 bridgehead atoms. The van der Waals surface area contributed by atoms with Gasteiger partial charge in [-0.3, -0.25) is 9.69 Å². The summed E-state index contributed by atoms with van der Waals surface area (Å²) in [7, 11) is 0. The fraction of sp³-hybridized carbons (Fsp3) is 0.545. The summed E-state index contributed by atoms with van der Waals surface area (Å²) in [6.45, 7) is 1.65. The van der Waals surface area contributed by atoms with Crippen LogP contribution in [0.5, 0.6) is 0 Å².